The SMILES string of the molecule is CC(C)[C@@H]1[C@H]2OC(=O)[C@@H]1[C@@H]1CC[C@@H]3[C@H](O)N(C)[C@H]2[C@@]31C. The summed E-state index contributed by atoms with van der Waals surface area (Å²) in [6.45, 7) is 6.70. The first-order valence-electron chi connectivity index (χ1n) is 7.99. The lowest BCUT2D eigenvalue weighted by atomic mass is 9.55. The summed E-state index contributed by atoms with van der Waals surface area (Å²) in [4.78, 5) is 14.5. The van der Waals surface area contributed by atoms with Crippen molar-refractivity contribution < 1.29 is 14.6 Å². The van der Waals surface area contributed by atoms with Crippen molar-refractivity contribution in [3.63, 3.8) is 0 Å². The molecule has 0 unspecified atom stereocenters. The van der Waals surface area contributed by atoms with Crippen LogP contribution >= 0.6 is 0 Å². The second-order valence-corrected chi connectivity index (χ2v) is 7.93. The number of aliphatic hydroxyl groups is 1. The molecule has 2 saturated heterocycles. The van der Waals surface area contributed by atoms with Gasteiger partial charge in [-0.05, 0) is 37.1 Å². The third kappa shape index (κ3) is 1.20. The summed E-state index contributed by atoms with van der Waals surface area (Å²) >= 11 is 0. The normalized spacial score (nSPS) is 57.3. The molecule has 2 aliphatic carbocycles. The van der Waals surface area contributed by atoms with Crippen LogP contribution in [0.5, 0.6) is 0 Å². The van der Waals surface area contributed by atoms with Crippen LogP contribution in [0.15, 0.2) is 0 Å². The second-order valence-electron chi connectivity index (χ2n) is 7.93. The summed E-state index contributed by atoms with van der Waals surface area (Å²) in [6, 6.07) is 0.185. The van der Waals surface area contributed by atoms with Gasteiger partial charge < -0.3 is 9.84 Å². The van der Waals surface area contributed by atoms with Crippen molar-refractivity contribution in [3.05, 3.63) is 0 Å². The number of fused-ring (bicyclic) bond motifs is 4. The number of ether oxygens (including phenoxy) is 1. The maximum absolute atomic E-state index is 12.4. The van der Waals surface area contributed by atoms with Gasteiger partial charge >= 0.3 is 5.97 Å². The van der Waals surface area contributed by atoms with Crippen molar-refractivity contribution >= 4 is 5.97 Å². The molecule has 4 aliphatic rings. The highest BCUT2D eigenvalue weighted by atomic mass is 16.6. The highest BCUT2D eigenvalue weighted by Crippen LogP contribution is 2.67. The number of carbonyl (C=O) groups is 1. The van der Waals surface area contributed by atoms with Crippen LogP contribution in [-0.4, -0.2) is 41.4 Å². The summed E-state index contributed by atoms with van der Waals surface area (Å²) in [5, 5.41) is 10.6. The first-order valence-corrected chi connectivity index (χ1v) is 7.99. The van der Waals surface area contributed by atoms with Gasteiger partial charge in [0.15, 0.2) is 0 Å². The van der Waals surface area contributed by atoms with Crippen LogP contribution in [0.1, 0.15) is 33.6 Å². The summed E-state index contributed by atoms with van der Waals surface area (Å²) in [6.07, 6.45) is 1.71. The molecule has 0 aromatic heterocycles. The Morgan fingerprint density at radius 1 is 1.35 bits per heavy atom. The zero-order valence-electron chi connectivity index (χ0n) is 12.7. The van der Waals surface area contributed by atoms with Crippen molar-refractivity contribution in [1.82, 2.24) is 4.90 Å². The number of hydrogen-bond acceptors (Lipinski definition) is 4. The van der Waals surface area contributed by atoms with E-state index in [2.05, 4.69) is 25.7 Å². The lowest BCUT2D eigenvalue weighted by molar-refractivity contribution is -0.145. The Morgan fingerprint density at radius 3 is 2.65 bits per heavy atom. The van der Waals surface area contributed by atoms with Gasteiger partial charge in [0.05, 0.1) is 12.0 Å². The van der Waals surface area contributed by atoms with Crippen LogP contribution in [0.25, 0.3) is 0 Å². The van der Waals surface area contributed by atoms with Gasteiger partial charge in [-0.2, -0.15) is 0 Å². The number of likely N-dealkylation sites (N-methyl/N-ethyl adjacent to an activating group) is 1. The van der Waals surface area contributed by atoms with E-state index in [9.17, 15) is 9.90 Å². The lowest BCUT2D eigenvalue weighted by Crippen LogP contribution is -2.57. The predicted octanol–water partition coefficient (Wildman–Crippen LogP) is 1.48. The van der Waals surface area contributed by atoms with Crippen molar-refractivity contribution in [2.45, 2.75) is 52.0 Å². The van der Waals surface area contributed by atoms with Crippen LogP contribution < -0.4 is 0 Å². The fourth-order valence-electron chi connectivity index (χ4n) is 6.36. The van der Waals surface area contributed by atoms with Crippen LogP contribution in [0.3, 0.4) is 0 Å². The Morgan fingerprint density at radius 2 is 2.00 bits per heavy atom. The van der Waals surface area contributed by atoms with Crippen LogP contribution in [0.2, 0.25) is 0 Å². The molecule has 1 N–H and O–H groups in total. The monoisotopic (exact) mass is 279 g/mol. The molecule has 4 nitrogen and oxygen atoms in total. The Hall–Kier alpha value is -0.610. The zero-order valence-corrected chi connectivity index (χ0v) is 12.7. The average molecular weight is 279 g/mol. The molecule has 0 aromatic rings. The minimum absolute atomic E-state index is 0.0258. The molecule has 4 heteroatoms. The van der Waals surface area contributed by atoms with Crippen molar-refractivity contribution in [2.75, 3.05) is 7.05 Å². The molecule has 2 bridgehead atoms. The van der Waals surface area contributed by atoms with E-state index in [4.69, 9.17) is 4.74 Å². The van der Waals surface area contributed by atoms with Gasteiger partial charge in [-0.25, -0.2) is 0 Å². The van der Waals surface area contributed by atoms with Gasteiger partial charge in [-0.15, -0.1) is 0 Å². The molecule has 4 fully saturated rings. The molecular weight excluding hydrogens is 254 g/mol. The predicted molar refractivity (Wildman–Crippen MR) is 73.6 cm³/mol. The maximum atomic E-state index is 12.4. The molecule has 0 aromatic carbocycles. The Kier molecular flexibility index (Phi) is 2.47. The fourth-order valence-corrected chi connectivity index (χ4v) is 6.36. The van der Waals surface area contributed by atoms with E-state index in [1.165, 1.54) is 0 Å². The van der Waals surface area contributed by atoms with E-state index < -0.39 is 0 Å². The Balaban J connectivity index is 1.86. The molecule has 8 atom stereocenters. The first kappa shape index (κ1) is 13.1. The van der Waals surface area contributed by atoms with E-state index in [0.717, 1.165) is 12.8 Å². The topological polar surface area (TPSA) is 49.8 Å². The van der Waals surface area contributed by atoms with E-state index >= 15 is 0 Å². The Bertz CT molecular complexity index is 465. The lowest BCUT2D eigenvalue weighted by Gasteiger charge is -2.49. The first-order chi connectivity index (χ1) is 9.39. The molecular formula is C16H25NO3. The molecule has 20 heavy (non-hydrogen) atoms. The number of carbonyl (C=O) groups excluding carboxylic acids is 1. The number of aliphatic hydroxyl groups excluding tert-OH is 1. The minimum Gasteiger partial charge on any atom is -0.460 e. The van der Waals surface area contributed by atoms with E-state index in [0.29, 0.717) is 23.7 Å². The largest absolute Gasteiger partial charge is 0.460 e. The van der Waals surface area contributed by atoms with Gasteiger partial charge in [0.1, 0.15) is 12.3 Å². The highest BCUT2D eigenvalue weighted by Gasteiger charge is 2.73. The molecule has 4 rings (SSSR count). The zero-order chi connectivity index (χ0) is 14.4. The number of likely N-dealkylation sites (tertiary alicyclic amines) is 1. The van der Waals surface area contributed by atoms with Gasteiger partial charge in [0.2, 0.25) is 0 Å². The number of rotatable bonds is 1. The van der Waals surface area contributed by atoms with Gasteiger partial charge in [0, 0.05) is 11.8 Å². The standard InChI is InChI=1S/C16H25NO3/c1-7(2)10-11-8-5-6-9-14(18)17(4)13(16(8,9)3)12(10)20-15(11)19/h7-14,18H,5-6H2,1-4H3/t8-,9+,10-,11+,12+,13+,14-,16+/m0/s1. The van der Waals surface area contributed by atoms with Crippen LogP contribution in [0.4, 0.5) is 0 Å². The minimum atomic E-state index is -0.374. The summed E-state index contributed by atoms with van der Waals surface area (Å²) < 4.78 is 5.82. The van der Waals surface area contributed by atoms with Crippen LogP contribution in [0, 0.1) is 35.0 Å². The van der Waals surface area contributed by atoms with Gasteiger partial charge in [0.25, 0.3) is 0 Å². The quantitative estimate of drug-likeness (QED) is 0.739. The van der Waals surface area contributed by atoms with Gasteiger partial charge in [-0.1, -0.05) is 20.8 Å². The van der Waals surface area contributed by atoms with E-state index in [-0.39, 0.29) is 35.7 Å². The molecule has 2 saturated carbocycles. The second kappa shape index (κ2) is 3.77. The number of nitrogens with zero attached hydrogens (tertiary/aromatic N) is 1. The third-order valence-electron chi connectivity index (χ3n) is 7.07. The molecule has 2 heterocycles. The summed E-state index contributed by atoms with van der Waals surface area (Å²) in [5.74, 6) is 1.54. The third-order valence-corrected chi connectivity index (χ3v) is 7.07. The number of hydrogen-bond donors (Lipinski definition) is 1. The molecule has 0 radical (unpaired) electrons. The van der Waals surface area contributed by atoms with E-state index in [1.807, 2.05) is 7.05 Å². The summed E-state index contributed by atoms with van der Waals surface area (Å²) in [5.41, 5.74) is 0.0427. The van der Waals surface area contributed by atoms with Crippen molar-refractivity contribution in [2.24, 2.45) is 35.0 Å². The van der Waals surface area contributed by atoms with Gasteiger partial charge in [-0.3, -0.25) is 9.69 Å². The molecule has 0 amide bonds. The fraction of sp³-hybridized carbons (Fsp3) is 0.938. The number of esters is 1. The average Bonchev–Trinajstić information content (AvgIpc) is 2.90. The van der Waals surface area contributed by atoms with E-state index in [1.54, 1.807) is 0 Å². The molecule has 112 valence electrons. The Labute approximate surface area is 120 Å². The van der Waals surface area contributed by atoms with Crippen molar-refractivity contribution in [3.8, 4) is 0 Å². The smallest absolute Gasteiger partial charge is 0.310 e. The highest BCUT2D eigenvalue weighted by molar-refractivity contribution is 5.77. The van der Waals surface area contributed by atoms with Crippen molar-refractivity contribution in [1.29, 1.82) is 0 Å². The summed E-state index contributed by atoms with van der Waals surface area (Å²) in [7, 11) is 2.00. The van der Waals surface area contributed by atoms with Crippen LogP contribution in [-0.2, 0) is 9.53 Å². The maximum Gasteiger partial charge on any atom is 0.310 e. The molecule has 0 spiro atoms. The molecule has 2 aliphatic heterocycles.